The molecule has 0 spiro atoms. The maximum absolute atomic E-state index is 14.0. The molecule has 2 aromatic carbocycles. The number of hydrogen-bond donors (Lipinski definition) is 2. The number of carbonyl (C=O) groups is 3. The highest BCUT2D eigenvalue weighted by Gasteiger charge is 2.38. The number of nitrogens with two attached hydrogens (primary N) is 1. The molecule has 4 heterocycles. The van der Waals surface area contributed by atoms with E-state index in [0.29, 0.717) is 71.1 Å². The number of piperazine rings is 1. The predicted octanol–water partition coefficient (Wildman–Crippen LogP) is 5.17. The number of hydrogen-bond acceptors (Lipinski definition) is 7. The predicted molar refractivity (Wildman–Crippen MR) is 189 cm³/mol. The molecule has 4 aliphatic heterocycles. The van der Waals surface area contributed by atoms with Crippen molar-refractivity contribution in [3.8, 4) is 0 Å². The van der Waals surface area contributed by atoms with E-state index in [1.54, 1.807) is 4.90 Å². The number of alkyl halides is 3. The first-order chi connectivity index (χ1) is 24.4. The minimum Gasteiger partial charge on any atom is -0.436 e. The summed E-state index contributed by atoms with van der Waals surface area (Å²) < 4.78 is 47.3. The Morgan fingerprint density at radius 3 is 2.27 bits per heavy atom. The number of piperidine rings is 2. The second-order valence-electron chi connectivity index (χ2n) is 13.9. The summed E-state index contributed by atoms with van der Waals surface area (Å²) in [5.74, 6) is -0.457. The van der Waals surface area contributed by atoms with Gasteiger partial charge >= 0.3 is 18.3 Å². The van der Waals surface area contributed by atoms with Crippen LogP contribution in [0.1, 0.15) is 49.3 Å². The van der Waals surface area contributed by atoms with E-state index in [9.17, 15) is 27.6 Å². The van der Waals surface area contributed by atoms with Crippen LogP contribution >= 0.6 is 11.6 Å². The zero-order chi connectivity index (χ0) is 36.3. The van der Waals surface area contributed by atoms with E-state index in [-0.39, 0.29) is 29.1 Å². The lowest BCUT2D eigenvalue weighted by atomic mass is 10.0. The van der Waals surface area contributed by atoms with Crippen LogP contribution in [0.25, 0.3) is 0 Å². The Bertz CT molecular complexity index is 1570. The number of nitrogen functional groups attached to an aromatic ring is 1. The molecule has 51 heavy (non-hydrogen) atoms. The molecule has 6 rings (SSSR count). The van der Waals surface area contributed by atoms with E-state index < -0.39 is 35.5 Å². The van der Waals surface area contributed by atoms with Crippen LogP contribution in [0.2, 0.25) is 5.02 Å². The van der Waals surface area contributed by atoms with Crippen LogP contribution in [0.15, 0.2) is 36.4 Å². The lowest BCUT2D eigenvalue weighted by molar-refractivity contribution is -0.143. The van der Waals surface area contributed by atoms with Crippen molar-refractivity contribution in [2.45, 2.75) is 69.8 Å². The second-order valence-corrected chi connectivity index (χ2v) is 14.3. The molecule has 0 aromatic heterocycles. The van der Waals surface area contributed by atoms with Crippen molar-refractivity contribution in [2.75, 3.05) is 76.5 Å². The van der Waals surface area contributed by atoms with Crippen molar-refractivity contribution in [1.29, 1.82) is 0 Å². The third-order valence-corrected chi connectivity index (χ3v) is 11.2. The molecule has 0 unspecified atom stereocenters. The van der Waals surface area contributed by atoms with Gasteiger partial charge in [0.25, 0.3) is 5.91 Å². The first kappa shape index (κ1) is 37.0. The van der Waals surface area contributed by atoms with Crippen LogP contribution in [0.5, 0.6) is 0 Å². The summed E-state index contributed by atoms with van der Waals surface area (Å²) in [6.07, 6.45) is -3.29. The molecule has 15 heteroatoms. The van der Waals surface area contributed by atoms with Crippen LogP contribution in [-0.4, -0.2) is 126 Å². The van der Waals surface area contributed by atoms with Gasteiger partial charge in [0.2, 0.25) is 0 Å². The molecule has 1 atom stereocenters. The van der Waals surface area contributed by atoms with E-state index in [1.165, 1.54) is 11.0 Å². The highest BCUT2D eigenvalue weighted by atomic mass is 35.5. The Labute approximate surface area is 301 Å². The minimum atomic E-state index is -4.76. The summed E-state index contributed by atoms with van der Waals surface area (Å²) in [6.45, 7) is 8.58. The Hall–Kier alpha value is -3.75. The molecule has 0 radical (unpaired) electrons. The number of halogens is 4. The van der Waals surface area contributed by atoms with Crippen LogP contribution < -0.4 is 11.1 Å². The maximum atomic E-state index is 14.0. The average molecular weight is 734 g/mol. The molecule has 4 amide bonds. The summed E-state index contributed by atoms with van der Waals surface area (Å²) in [5.41, 5.74) is 5.90. The van der Waals surface area contributed by atoms with Crippen molar-refractivity contribution < 1.29 is 32.3 Å². The maximum Gasteiger partial charge on any atom is 0.418 e. The average Bonchev–Trinajstić information content (AvgIpc) is 3.30. The zero-order valence-corrected chi connectivity index (χ0v) is 29.7. The van der Waals surface area contributed by atoms with Gasteiger partial charge in [0, 0.05) is 70.0 Å². The number of amides is 4. The number of rotatable bonds is 7. The highest BCUT2D eigenvalue weighted by Crippen LogP contribution is 2.38. The quantitative estimate of drug-likeness (QED) is 0.378. The molecular formula is C36H47ClF3N7O4. The summed E-state index contributed by atoms with van der Waals surface area (Å²) in [7, 11) is 0. The van der Waals surface area contributed by atoms with Crippen LogP contribution in [0.4, 0.5) is 34.1 Å². The monoisotopic (exact) mass is 733 g/mol. The normalized spacial score (nSPS) is 20.8. The number of benzene rings is 2. The minimum absolute atomic E-state index is 0.0841. The van der Waals surface area contributed by atoms with Gasteiger partial charge in [0.15, 0.2) is 6.10 Å². The standard InChI is InChI=1S/C36H47ClF3N7O4/c1-2-43-12-8-26(9-13-43)44-17-19-45(20-18-44)33(48)31(23-24-21-28(36(38,39)40)32(41)29(37)22-24)51-35(50)46-14-10-27(11-15-46)47-16-7-25-5-3-4-6-30(25)42-34(47)49/h3-6,21-22,26-27,31H,2,7-20,23,41H2,1H3,(H,42,49)/t31-/m1/s1. The number of fused-ring (bicyclic) bond motifs is 1. The van der Waals surface area contributed by atoms with Gasteiger partial charge in [-0.05, 0) is 81.1 Å². The largest absolute Gasteiger partial charge is 0.436 e. The van der Waals surface area contributed by atoms with Gasteiger partial charge in [-0.15, -0.1) is 0 Å². The van der Waals surface area contributed by atoms with Crippen molar-refractivity contribution >= 4 is 41.0 Å². The van der Waals surface area contributed by atoms with Crippen LogP contribution in [0, 0.1) is 0 Å². The molecule has 0 saturated carbocycles. The molecule has 3 N–H and O–H groups in total. The van der Waals surface area contributed by atoms with Gasteiger partial charge < -0.3 is 35.4 Å². The van der Waals surface area contributed by atoms with E-state index in [1.807, 2.05) is 29.2 Å². The van der Waals surface area contributed by atoms with Crippen LogP contribution in [-0.2, 0) is 28.5 Å². The number of anilines is 2. The Morgan fingerprint density at radius 2 is 1.61 bits per heavy atom. The number of urea groups is 1. The molecule has 0 bridgehead atoms. The number of carbonyl (C=O) groups excluding carboxylic acids is 3. The zero-order valence-electron chi connectivity index (χ0n) is 29.0. The van der Waals surface area contributed by atoms with E-state index in [4.69, 9.17) is 22.1 Å². The molecular weight excluding hydrogens is 687 g/mol. The first-order valence-electron chi connectivity index (χ1n) is 17.9. The summed E-state index contributed by atoms with van der Waals surface area (Å²) >= 11 is 6.12. The summed E-state index contributed by atoms with van der Waals surface area (Å²) in [5, 5.41) is 2.70. The number of para-hydroxylation sites is 1. The van der Waals surface area contributed by atoms with Gasteiger partial charge in [-0.1, -0.05) is 36.7 Å². The highest BCUT2D eigenvalue weighted by molar-refractivity contribution is 6.33. The SMILES string of the molecule is CCN1CCC(N2CCN(C(=O)[C@@H](Cc3cc(Cl)c(N)c(C(F)(F)F)c3)OC(=O)N3CCC(N4CCc5ccccc5NC4=O)CC3)CC2)CC1. The first-order valence-corrected chi connectivity index (χ1v) is 18.3. The molecule has 0 aliphatic carbocycles. The summed E-state index contributed by atoms with van der Waals surface area (Å²) in [4.78, 5) is 50.5. The van der Waals surface area contributed by atoms with Crippen LogP contribution in [0.3, 0.4) is 0 Å². The molecule has 3 saturated heterocycles. The van der Waals surface area contributed by atoms with Gasteiger partial charge in [-0.3, -0.25) is 9.69 Å². The second kappa shape index (κ2) is 15.9. The van der Waals surface area contributed by atoms with Crippen molar-refractivity contribution in [1.82, 2.24) is 24.5 Å². The van der Waals surface area contributed by atoms with Crippen molar-refractivity contribution in [2.24, 2.45) is 0 Å². The van der Waals surface area contributed by atoms with E-state index >= 15 is 0 Å². The van der Waals surface area contributed by atoms with E-state index in [0.717, 1.165) is 49.8 Å². The number of likely N-dealkylation sites (tertiary alicyclic amines) is 2. The fourth-order valence-corrected chi connectivity index (χ4v) is 8.07. The number of nitrogens with zero attached hydrogens (tertiary/aromatic N) is 5. The Kier molecular flexibility index (Phi) is 11.5. The third kappa shape index (κ3) is 8.66. The smallest absolute Gasteiger partial charge is 0.418 e. The topological polar surface area (TPSA) is 115 Å². The molecule has 2 aromatic rings. The Morgan fingerprint density at radius 1 is 0.941 bits per heavy atom. The van der Waals surface area contributed by atoms with Gasteiger partial charge in [-0.25, -0.2) is 9.59 Å². The number of nitrogens with one attached hydrogen (secondary N) is 1. The van der Waals surface area contributed by atoms with Gasteiger partial charge in [0.05, 0.1) is 16.3 Å². The van der Waals surface area contributed by atoms with Gasteiger partial charge in [0.1, 0.15) is 0 Å². The lowest BCUT2D eigenvalue weighted by Gasteiger charge is -2.43. The molecule has 4 aliphatic rings. The lowest BCUT2D eigenvalue weighted by Crippen LogP contribution is -2.56. The fraction of sp³-hybridized carbons (Fsp3) is 0.583. The molecule has 11 nitrogen and oxygen atoms in total. The van der Waals surface area contributed by atoms with Gasteiger partial charge in [-0.2, -0.15) is 13.2 Å². The Balaban J connectivity index is 1.11. The van der Waals surface area contributed by atoms with E-state index in [2.05, 4.69) is 22.0 Å². The third-order valence-electron chi connectivity index (χ3n) is 10.9. The number of ether oxygens (including phenoxy) is 1. The fourth-order valence-electron chi connectivity index (χ4n) is 7.83. The summed E-state index contributed by atoms with van der Waals surface area (Å²) in [6, 6.07) is 10.0. The molecule has 278 valence electrons. The molecule has 3 fully saturated rings. The van der Waals surface area contributed by atoms with Crippen molar-refractivity contribution in [3.05, 3.63) is 58.1 Å². The van der Waals surface area contributed by atoms with Crippen molar-refractivity contribution in [3.63, 3.8) is 0 Å².